The summed E-state index contributed by atoms with van der Waals surface area (Å²) in [6.07, 6.45) is 9.11. The monoisotopic (exact) mass is 354 g/mol. The summed E-state index contributed by atoms with van der Waals surface area (Å²) in [5.74, 6) is -1.19. The molecule has 2 aromatic rings. The molecular weight excluding hydrogens is 335 g/mol. The van der Waals surface area contributed by atoms with Gasteiger partial charge >= 0.3 is 0 Å². The van der Waals surface area contributed by atoms with Crippen molar-refractivity contribution in [1.29, 1.82) is 0 Å². The largest absolute Gasteiger partial charge is 0.289 e. The molecule has 1 unspecified atom stereocenters. The number of aryl methyl sites for hydroxylation is 1. The molecule has 0 bridgehead atoms. The number of rotatable bonds is 4. The molecule has 1 fully saturated rings. The lowest BCUT2D eigenvalue weighted by Gasteiger charge is -2.15. The molecule has 2 heterocycles. The summed E-state index contributed by atoms with van der Waals surface area (Å²) < 4.78 is 15.9. The van der Waals surface area contributed by atoms with Crippen LogP contribution in [0.1, 0.15) is 23.6 Å². The van der Waals surface area contributed by atoms with E-state index in [-0.39, 0.29) is 23.6 Å². The minimum absolute atomic E-state index is 0.168. The number of hydrogen-bond donors (Lipinski definition) is 2. The Balaban J connectivity index is 1.59. The van der Waals surface area contributed by atoms with Crippen molar-refractivity contribution in [3.05, 3.63) is 65.9 Å². The topological polar surface area (TPSA) is 80.0 Å². The number of allylic oxidation sites excluding steroid dienone is 4. The second-order valence-corrected chi connectivity index (χ2v) is 6.78. The number of aromatic nitrogens is 3. The first-order valence-corrected chi connectivity index (χ1v) is 8.55. The summed E-state index contributed by atoms with van der Waals surface area (Å²) in [4.78, 5) is 16.5. The summed E-state index contributed by atoms with van der Waals surface area (Å²) in [6, 6.07) is 5.61. The predicted octanol–water partition coefficient (Wildman–Crippen LogP) is 2.84. The fourth-order valence-electron chi connectivity index (χ4n) is 3.91. The van der Waals surface area contributed by atoms with Gasteiger partial charge in [-0.15, -0.1) is 0 Å². The molecule has 0 saturated heterocycles. The molecule has 1 amide bonds. The molecule has 26 heavy (non-hydrogen) atoms. The Morgan fingerprint density at radius 3 is 2.85 bits per heavy atom. The fourth-order valence-corrected chi connectivity index (χ4v) is 3.91. The molecular formula is C19H19FN4O2. The summed E-state index contributed by atoms with van der Waals surface area (Å²) >= 11 is 0. The van der Waals surface area contributed by atoms with Crippen molar-refractivity contribution < 1.29 is 14.4 Å². The normalized spacial score (nSPS) is 27.1. The van der Waals surface area contributed by atoms with Crippen LogP contribution in [0.15, 0.2) is 54.6 Å². The van der Waals surface area contributed by atoms with Crippen LogP contribution in [0.25, 0.3) is 5.82 Å². The molecule has 2 N–H and O–H groups in total. The third kappa shape index (κ3) is 2.84. The number of carbonyl (C=O) groups is 1. The van der Waals surface area contributed by atoms with Crippen LogP contribution in [0.3, 0.4) is 0 Å². The van der Waals surface area contributed by atoms with Gasteiger partial charge in [0, 0.05) is 24.2 Å². The molecule has 1 saturated carbocycles. The lowest BCUT2D eigenvalue weighted by Crippen LogP contribution is -2.23. The summed E-state index contributed by atoms with van der Waals surface area (Å²) in [6.45, 7) is 1.90. The molecule has 2 aliphatic carbocycles. The first kappa shape index (κ1) is 16.7. The Kier molecular flexibility index (Phi) is 4.16. The number of pyridine rings is 1. The lowest BCUT2D eigenvalue weighted by molar-refractivity contribution is -0.131. The number of halogens is 1. The molecule has 0 aromatic carbocycles. The molecule has 134 valence electrons. The number of carbonyl (C=O) groups excluding carboxylic acids is 1. The Morgan fingerprint density at radius 2 is 2.23 bits per heavy atom. The van der Waals surface area contributed by atoms with Crippen LogP contribution in [0.2, 0.25) is 0 Å². The maximum Gasteiger partial charge on any atom is 0.247 e. The highest BCUT2D eigenvalue weighted by atomic mass is 19.1. The van der Waals surface area contributed by atoms with Crippen LogP contribution in [-0.4, -0.2) is 25.9 Å². The molecule has 0 spiro atoms. The molecule has 4 atom stereocenters. The van der Waals surface area contributed by atoms with Crippen molar-refractivity contribution in [3.8, 4) is 5.82 Å². The smallest absolute Gasteiger partial charge is 0.247 e. The van der Waals surface area contributed by atoms with Gasteiger partial charge in [-0.25, -0.2) is 19.5 Å². The summed E-state index contributed by atoms with van der Waals surface area (Å²) in [7, 11) is 0. The lowest BCUT2D eigenvalue weighted by atomic mass is 9.91. The highest BCUT2D eigenvalue weighted by Crippen LogP contribution is 2.60. The van der Waals surface area contributed by atoms with Crippen LogP contribution < -0.4 is 5.48 Å². The van der Waals surface area contributed by atoms with E-state index in [2.05, 4.69) is 10.1 Å². The highest BCUT2D eigenvalue weighted by Gasteiger charge is 2.59. The third-order valence-corrected chi connectivity index (χ3v) is 5.20. The predicted molar refractivity (Wildman–Crippen MR) is 92.2 cm³/mol. The summed E-state index contributed by atoms with van der Waals surface area (Å²) in [5, 5.41) is 13.4. The number of nitrogens with one attached hydrogen (secondary N) is 1. The van der Waals surface area contributed by atoms with Crippen molar-refractivity contribution in [1.82, 2.24) is 20.2 Å². The zero-order valence-electron chi connectivity index (χ0n) is 14.2. The number of hydroxylamine groups is 1. The van der Waals surface area contributed by atoms with Crippen LogP contribution >= 0.6 is 0 Å². The van der Waals surface area contributed by atoms with E-state index < -0.39 is 11.8 Å². The van der Waals surface area contributed by atoms with E-state index >= 15 is 0 Å². The molecule has 0 radical (unpaired) electrons. The van der Waals surface area contributed by atoms with E-state index in [1.807, 2.05) is 37.4 Å². The minimum Gasteiger partial charge on any atom is -0.289 e. The molecule has 7 heteroatoms. The average Bonchev–Trinajstić information content (AvgIpc) is 3.25. The van der Waals surface area contributed by atoms with E-state index in [1.54, 1.807) is 22.4 Å². The Labute approximate surface area is 150 Å². The van der Waals surface area contributed by atoms with E-state index in [0.717, 1.165) is 11.3 Å². The second kappa shape index (κ2) is 6.49. The average molecular weight is 354 g/mol. The number of amides is 1. The van der Waals surface area contributed by atoms with Crippen molar-refractivity contribution in [2.75, 3.05) is 0 Å². The van der Waals surface area contributed by atoms with Gasteiger partial charge in [-0.2, -0.15) is 5.10 Å². The maximum absolute atomic E-state index is 14.2. The highest BCUT2D eigenvalue weighted by molar-refractivity contribution is 5.82. The Bertz CT molecular complexity index is 887. The van der Waals surface area contributed by atoms with Crippen LogP contribution in [0.4, 0.5) is 4.39 Å². The van der Waals surface area contributed by atoms with E-state index in [4.69, 9.17) is 5.21 Å². The molecule has 4 rings (SSSR count). The number of hydrogen-bond acceptors (Lipinski definition) is 4. The standard InChI is InChI=1S/C19H19FN4O2/c1-11-8-9-24(22-11)15-7-6-12(10-21-15)16-17(18(16)19(25)23-26)13-4-2-3-5-14(13)20/h2-3,5-10,13,16-18,26H,4H2,1H3,(H,23,25)/t13?,16-,17-,18+/m1/s1. The van der Waals surface area contributed by atoms with Gasteiger partial charge in [0.05, 0.1) is 11.6 Å². The Morgan fingerprint density at radius 1 is 1.38 bits per heavy atom. The molecule has 2 aromatic heterocycles. The van der Waals surface area contributed by atoms with Crippen molar-refractivity contribution in [2.24, 2.45) is 17.8 Å². The molecule has 2 aliphatic rings. The zero-order chi connectivity index (χ0) is 18.3. The first-order valence-electron chi connectivity index (χ1n) is 8.55. The fraction of sp³-hybridized carbons (Fsp3) is 0.316. The zero-order valence-corrected chi connectivity index (χ0v) is 14.2. The summed E-state index contributed by atoms with van der Waals surface area (Å²) in [5.41, 5.74) is 3.47. The van der Waals surface area contributed by atoms with Crippen LogP contribution in [0.5, 0.6) is 0 Å². The maximum atomic E-state index is 14.2. The van der Waals surface area contributed by atoms with Gasteiger partial charge in [-0.3, -0.25) is 10.0 Å². The van der Waals surface area contributed by atoms with Gasteiger partial charge in [0.25, 0.3) is 0 Å². The minimum atomic E-state index is -0.478. The van der Waals surface area contributed by atoms with Gasteiger partial charge in [0.15, 0.2) is 5.82 Å². The van der Waals surface area contributed by atoms with Crippen molar-refractivity contribution in [3.63, 3.8) is 0 Å². The van der Waals surface area contributed by atoms with Gasteiger partial charge in [0.2, 0.25) is 5.91 Å². The van der Waals surface area contributed by atoms with E-state index in [1.165, 1.54) is 6.08 Å². The second-order valence-electron chi connectivity index (χ2n) is 6.78. The van der Waals surface area contributed by atoms with Gasteiger partial charge in [0.1, 0.15) is 5.83 Å². The molecule has 0 aliphatic heterocycles. The van der Waals surface area contributed by atoms with Gasteiger partial charge in [-0.1, -0.05) is 18.2 Å². The van der Waals surface area contributed by atoms with Crippen molar-refractivity contribution >= 4 is 5.91 Å². The third-order valence-electron chi connectivity index (χ3n) is 5.20. The van der Waals surface area contributed by atoms with Gasteiger partial charge < -0.3 is 0 Å². The molecule has 6 nitrogen and oxygen atoms in total. The Hall–Kier alpha value is -2.80. The number of nitrogens with zero attached hydrogens (tertiary/aromatic N) is 3. The van der Waals surface area contributed by atoms with Gasteiger partial charge in [-0.05, 0) is 43.0 Å². The van der Waals surface area contributed by atoms with Crippen LogP contribution in [-0.2, 0) is 4.79 Å². The van der Waals surface area contributed by atoms with Crippen LogP contribution in [0, 0.1) is 24.7 Å². The SMILES string of the molecule is Cc1ccn(-c2ccc([C@H]3[C@H](C(=O)NO)[C@@H]3C3CC=CC=C3F)cn2)n1. The first-order chi connectivity index (χ1) is 12.6. The van der Waals surface area contributed by atoms with E-state index in [9.17, 15) is 9.18 Å². The quantitative estimate of drug-likeness (QED) is 0.654. The van der Waals surface area contributed by atoms with E-state index in [0.29, 0.717) is 12.2 Å². The van der Waals surface area contributed by atoms with Crippen molar-refractivity contribution in [2.45, 2.75) is 19.3 Å².